The fourth-order valence-electron chi connectivity index (χ4n) is 7.18. The lowest BCUT2D eigenvalue weighted by atomic mass is 10.0. The average molecular weight is 848 g/mol. The van der Waals surface area contributed by atoms with Crippen molar-refractivity contribution in [1.29, 1.82) is 0 Å². The predicted octanol–water partition coefficient (Wildman–Crippen LogP) is 8.96. The van der Waals surface area contributed by atoms with E-state index >= 15 is 0 Å². The van der Waals surface area contributed by atoms with Crippen LogP contribution in [0.4, 0.5) is 17.6 Å². The number of rotatable bonds is 8. The third-order valence-corrected chi connectivity index (χ3v) is 10.1. The van der Waals surface area contributed by atoms with Gasteiger partial charge in [0, 0.05) is 33.6 Å². The number of fused-ring (bicyclic) bond motifs is 6. The number of aromatic nitrogens is 6. The number of aliphatic hydroxyl groups is 1. The lowest BCUT2D eigenvalue weighted by molar-refractivity contribution is -0.0519. The lowest BCUT2D eigenvalue weighted by Crippen LogP contribution is -2.25. The molecule has 0 fully saturated rings. The number of benzene rings is 4. The fourth-order valence-corrected chi connectivity index (χ4v) is 7.53. The van der Waals surface area contributed by atoms with E-state index in [0.717, 1.165) is 43.5 Å². The van der Waals surface area contributed by atoms with Crippen LogP contribution in [-0.4, -0.2) is 60.6 Å². The van der Waals surface area contributed by atoms with Gasteiger partial charge in [0.1, 0.15) is 42.0 Å². The van der Waals surface area contributed by atoms with Crippen LogP contribution >= 0.6 is 15.9 Å². The van der Waals surface area contributed by atoms with E-state index in [0.29, 0.717) is 49.2 Å². The van der Waals surface area contributed by atoms with Gasteiger partial charge in [0.2, 0.25) is 0 Å². The summed E-state index contributed by atoms with van der Waals surface area (Å²) in [6.45, 7) is -1.15. The van der Waals surface area contributed by atoms with Gasteiger partial charge in [-0.15, -0.1) is 0 Å². The molecule has 0 radical (unpaired) electrons. The van der Waals surface area contributed by atoms with Gasteiger partial charge in [-0.25, -0.2) is 19.9 Å². The minimum atomic E-state index is -2.92. The first-order valence-corrected chi connectivity index (χ1v) is 18.7. The highest BCUT2D eigenvalue weighted by Gasteiger charge is 2.30. The maximum atomic E-state index is 13.0. The zero-order valence-corrected chi connectivity index (χ0v) is 32.1. The van der Waals surface area contributed by atoms with Crippen molar-refractivity contribution in [2.24, 2.45) is 0 Å². The number of imidazole rings is 2. The van der Waals surface area contributed by atoms with Crippen molar-refractivity contribution in [3.63, 3.8) is 0 Å². The Labute approximate surface area is 332 Å². The SMILES string of the molecule is CC(C)(O)c1ncc(-c2ccc3nc4n(c3c2)[C@@H](c2ccccc2OC(F)F)COC4)cn1.FC(F)Oc1ccccc1[C@H]1COCc2nc3ccc(Br)cc3n21. The van der Waals surface area contributed by atoms with Gasteiger partial charge >= 0.3 is 13.2 Å². The molecule has 0 saturated carbocycles. The minimum Gasteiger partial charge on any atom is -0.434 e. The molecule has 3 aromatic heterocycles. The number of hydrogen-bond donors (Lipinski definition) is 1. The van der Waals surface area contributed by atoms with Crippen molar-refractivity contribution < 1.29 is 41.6 Å². The summed E-state index contributed by atoms with van der Waals surface area (Å²) in [5.41, 5.74) is 5.16. The molecule has 294 valence electrons. The zero-order chi connectivity index (χ0) is 39.8. The quantitative estimate of drug-likeness (QED) is 0.150. The van der Waals surface area contributed by atoms with E-state index in [1.54, 1.807) is 68.7 Å². The Kier molecular flexibility index (Phi) is 10.7. The maximum absolute atomic E-state index is 13.0. The molecule has 16 heteroatoms. The molecule has 11 nitrogen and oxygen atoms in total. The van der Waals surface area contributed by atoms with Gasteiger partial charge in [0.15, 0.2) is 5.82 Å². The molecule has 0 spiro atoms. The number of para-hydroxylation sites is 2. The lowest BCUT2D eigenvalue weighted by Gasteiger charge is -2.28. The Balaban J connectivity index is 0.000000168. The zero-order valence-electron chi connectivity index (χ0n) is 30.5. The standard InChI is InChI=1S/C24H22F2N4O3.C17H13BrF2N2O2/c1-24(2,31)22-27-10-15(11-28-22)14-7-8-17-18(9-14)30-19(12-32-13-21(30)29-17)16-5-3-4-6-20(16)33-23(25)26;18-10-5-6-12-13(7-10)22-14(8-23-9-16(22)21-12)11-3-1-2-4-15(11)24-17(19)20/h3-11,19,23,31H,12-13H2,1-2H3;1-7,14,17H,8-9H2/t19-;14-/m11/s1. The highest BCUT2D eigenvalue weighted by molar-refractivity contribution is 9.10. The molecular weight excluding hydrogens is 812 g/mol. The molecule has 4 aromatic carbocycles. The van der Waals surface area contributed by atoms with E-state index in [-0.39, 0.29) is 23.6 Å². The van der Waals surface area contributed by atoms with Crippen LogP contribution in [0.5, 0.6) is 11.5 Å². The minimum absolute atomic E-state index is 0.113. The molecule has 9 rings (SSSR count). The van der Waals surface area contributed by atoms with E-state index < -0.39 is 18.8 Å². The van der Waals surface area contributed by atoms with Gasteiger partial charge in [0.05, 0.1) is 47.4 Å². The van der Waals surface area contributed by atoms with Gasteiger partial charge in [-0.1, -0.05) is 58.4 Å². The van der Waals surface area contributed by atoms with E-state index in [2.05, 4.69) is 35.9 Å². The number of ether oxygens (including phenoxy) is 4. The normalized spacial score (nSPS) is 16.7. The Morgan fingerprint density at radius 3 is 1.70 bits per heavy atom. The van der Waals surface area contributed by atoms with Crippen molar-refractivity contribution in [3.8, 4) is 22.6 Å². The summed E-state index contributed by atoms with van der Waals surface area (Å²) in [7, 11) is 0. The predicted molar refractivity (Wildman–Crippen MR) is 205 cm³/mol. The van der Waals surface area contributed by atoms with Crippen LogP contribution in [0.15, 0.2) is 102 Å². The molecule has 1 N–H and O–H groups in total. The van der Waals surface area contributed by atoms with Gasteiger partial charge in [-0.3, -0.25) is 0 Å². The van der Waals surface area contributed by atoms with E-state index in [9.17, 15) is 22.7 Å². The Hall–Kier alpha value is -5.42. The smallest absolute Gasteiger partial charge is 0.387 e. The number of halogens is 5. The van der Waals surface area contributed by atoms with Gasteiger partial charge < -0.3 is 33.2 Å². The first kappa shape index (κ1) is 38.5. The van der Waals surface area contributed by atoms with Crippen molar-refractivity contribution >= 4 is 38.0 Å². The summed E-state index contributed by atoms with van der Waals surface area (Å²) in [6.07, 6.45) is 3.34. The first-order valence-electron chi connectivity index (χ1n) is 17.9. The molecule has 0 unspecified atom stereocenters. The Morgan fingerprint density at radius 2 is 1.19 bits per heavy atom. The summed E-state index contributed by atoms with van der Waals surface area (Å²) in [6, 6.07) is 24.5. The largest absolute Gasteiger partial charge is 0.434 e. The van der Waals surface area contributed by atoms with Crippen LogP contribution in [0.3, 0.4) is 0 Å². The summed E-state index contributed by atoms with van der Waals surface area (Å²) in [4.78, 5) is 17.9. The second-order valence-corrected chi connectivity index (χ2v) is 14.8. The Bertz CT molecular complexity index is 2540. The second kappa shape index (κ2) is 15.8. The fraction of sp³-hybridized carbons (Fsp3) is 0.268. The highest BCUT2D eigenvalue weighted by Crippen LogP contribution is 2.38. The van der Waals surface area contributed by atoms with Crippen LogP contribution in [0.1, 0.15) is 54.5 Å². The Morgan fingerprint density at radius 1 is 0.702 bits per heavy atom. The van der Waals surface area contributed by atoms with E-state index in [1.807, 2.05) is 45.5 Å². The molecule has 7 aromatic rings. The molecule has 2 aliphatic rings. The van der Waals surface area contributed by atoms with Crippen LogP contribution in [0.25, 0.3) is 33.2 Å². The number of hydrogen-bond acceptors (Lipinski definition) is 9. The average Bonchev–Trinajstić information content (AvgIpc) is 3.76. The van der Waals surface area contributed by atoms with Crippen LogP contribution in [-0.2, 0) is 28.3 Å². The maximum Gasteiger partial charge on any atom is 0.387 e. The summed E-state index contributed by atoms with van der Waals surface area (Å²) in [5, 5.41) is 10.1. The van der Waals surface area contributed by atoms with Crippen molar-refractivity contribution in [2.75, 3.05) is 13.2 Å². The van der Waals surface area contributed by atoms with Crippen molar-refractivity contribution in [1.82, 2.24) is 29.1 Å². The molecule has 2 aliphatic heterocycles. The van der Waals surface area contributed by atoms with E-state index in [4.69, 9.17) is 18.9 Å². The third kappa shape index (κ3) is 7.94. The summed E-state index contributed by atoms with van der Waals surface area (Å²) >= 11 is 3.47. The highest BCUT2D eigenvalue weighted by atomic mass is 79.9. The van der Waals surface area contributed by atoms with Crippen LogP contribution in [0, 0.1) is 0 Å². The molecular formula is C41H35BrF4N6O5. The summed E-state index contributed by atoms with van der Waals surface area (Å²) in [5.74, 6) is 2.08. The van der Waals surface area contributed by atoms with Gasteiger partial charge in [-0.2, -0.15) is 17.6 Å². The second-order valence-electron chi connectivity index (χ2n) is 13.9. The molecule has 0 bridgehead atoms. The molecule has 0 saturated heterocycles. The van der Waals surface area contributed by atoms with Crippen molar-refractivity contribution in [2.45, 2.75) is 58.0 Å². The first-order chi connectivity index (χ1) is 27.4. The van der Waals surface area contributed by atoms with Crippen molar-refractivity contribution in [3.05, 3.63) is 130 Å². The molecule has 57 heavy (non-hydrogen) atoms. The molecule has 0 aliphatic carbocycles. The number of nitrogens with zero attached hydrogens (tertiary/aromatic N) is 6. The topological polar surface area (TPSA) is 119 Å². The van der Waals surface area contributed by atoms with Crippen LogP contribution in [0.2, 0.25) is 0 Å². The summed E-state index contributed by atoms with van der Waals surface area (Å²) < 4.78 is 77.3. The van der Waals surface area contributed by atoms with Gasteiger partial charge in [0.25, 0.3) is 0 Å². The third-order valence-electron chi connectivity index (χ3n) is 9.64. The monoisotopic (exact) mass is 846 g/mol. The molecule has 5 heterocycles. The van der Waals surface area contributed by atoms with E-state index in [1.165, 1.54) is 6.07 Å². The molecule has 0 amide bonds. The van der Waals surface area contributed by atoms with Crippen LogP contribution < -0.4 is 9.47 Å². The van der Waals surface area contributed by atoms with Gasteiger partial charge in [-0.05, 0) is 61.9 Å². The molecule has 2 atom stereocenters. The number of alkyl halides is 4.